The second kappa shape index (κ2) is 8.49. The van der Waals surface area contributed by atoms with Gasteiger partial charge in [0.2, 0.25) is 0 Å². The van der Waals surface area contributed by atoms with Crippen molar-refractivity contribution in [1.82, 2.24) is 5.43 Å². The zero-order chi connectivity index (χ0) is 18.4. The van der Waals surface area contributed by atoms with Crippen LogP contribution in [0.2, 0.25) is 0 Å². The monoisotopic (exact) mass is 412 g/mol. The average Bonchev–Trinajstić information content (AvgIpc) is 3.08. The molecule has 5 nitrogen and oxygen atoms in total. The summed E-state index contributed by atoms with van der Waals surface area (Å²) in [5.41, 5.74) is 4.64. The van der Waals surface area contributed by atoms with Crippen molar-refractivity contribution in [3.8, 4) is 16.9 Å². The number of furan rings is 1. The number of carbonyl (C=O) groups excluding carboxylic acids is 1. The highest BCUT2D eigenvalue weighted by Crippen LogP contribution is 2.22. The maximum atomic E-state index is 12.0. The van der Waals surface area contributed by atoms with Crippen molar-refractivity contribution in [1.29, 1.82) is 0 Å². The van der Waals surface area contributed by atoms with Gasteiger partial charge in [0.1, 0.15) is 11.5 Å². The summed E-state index contributed by atoms with van der Waals surface area (Å²) in [5.74, 6) is 0.799. The van der Waals surface area contributed by atoms with E-state index >= 15 is 0 Å². The molecule has 0 spiro atoms. The lowest BCUT2D eigenvalue weighted by molar-refractivity contribution is -0.127. The molecule has 3 aromatic rings. The highest BCUT2D eigenvalue weighted by molar-refractivity contribution is 9.10. The second-order valence-electron chi connectivity index (χ2n) is 5.53. The molecule has 1 aromatic heterocycles. The minimum Gasteiger partial charge on any atom is -0.481 e. The van der Waals surface area contributed by atoms with Gasteiger partial charge in [0, 0.05) is 0 Å². The summed E-state index contributed by atoms with van der Waals surface area (Å²) >= 11 is 3.20. The predicted molar refractivity (Wildman–Crippen MR) is 104 cm³/mol. The standard InChI is InChI=1S/C20H17BrN2O3/c1-14(20(24)23-22-13-18-11-12-19(21)26-18)25-17-9-7-16(8-10-17)15-5-3-2-4-6-15/h2-14H,1H3,(H,23,24)/t14-/m0/s1. The minimum absolute atomic E-state index is 0.348. The van der Waals surface area contributed by atoms with Crippen molar-refractivity contribution >= 4 is 28.1 Å². The first-order chi connectivity index (χ1) is 12.6. The maximum absolute atomic E-state index is 12.0. The molecule has 1 atom stereocenters. The van der Waals surface area contributed by atoms with Crippen LogP contribution in [0.1, 0.15) is 12.7 Å². The molecule has 0 saturated carbocycles. The van der Waals surface area contributed by atoms with Crippen LogP contribution in [0.5, 0.6) is 5.75 Å². The normalized spacial score (nSPS) is 12.1. The summed E-state index contributed by atoms with van der Waals surface area (Å²) in [7, 11) is 0. The number of amides is 1. The van der Waals surface area contributed by atoms with Gasteiger partial charge in [-0.05, 0) is 58.2 Å². The van der Waals surface area contributed by atoms with Crippen molar-refractivity contribution in [2.24, 2.45) is 5.10 Å². The topological polar surface area (TPSA) is 63.8 Å². The molecule has 132 valence electrons. The van der Waals surface area contributed by atoms with E-state index in [1.165, 1.54) is 6.21 Å². The molecular formula is C20H17BrN2O3. The number of hydrogen-bond donors (Lipinski definition) is 1. The Hall–Kier alpha value is -2.86. The predicted octanol–water partition coefficient (Wildman–Crippen LogP) is 4.63. The molecule has 2 aromatic carbocycles. The van der Waals surface area contributed by atoms with E-state index in [1.807, 2.05) is 54.6 Å². The van der Waals surface area contributed by atoms with Gasteiger partial charge in [0.05, 0.1) is 6.21 Å². The van der Waals surface area contributed by atoms with Crippen LogP contribution in [0, 0.1) is 0 Å². The molecule has 0 radical (unpaired) electrons. The maximum Gasteiger partial charge on any atom is 0.280 e. The third-order valence-electron chi connectivity index (χ3n) is 3.60. The van der Waals surface area contributed by atoms with E-state index in [2.05, 4.69) is 26.5 Å². The quantitative estimate of drug-likeness (QED) is 0.474. The molecule has 0 fully saturated rings. The molecule has 1 amide bonds. The first kappa shape index (κ1) is 17.9. The van der Waals surface area contributed by atoms with Gasteiger partial charge in [-0.25, -0.2) is 5.43 Å². The Bertz CT molecular complexity index is 889. The molecule has 26 heavy (non-hydrogen) atoms. The molecule has 3 rings (SSSR count). The van der Waals surface area contributed by atoms with E-state index in [0.29, 0.717) is 16.2 Å². The fourth-order valence-corrected chi connectivity index (χ4v) is 2.58. The van der Waals surface area contributed by atoms with Crippen LogP contribution in [0.25, 0.3) is 11.1 Å². The number of nitrogens with zero attached hydrogens (tertiary/aromatic N) is 1. The smallest absolute Gasteiger partial charge is 0.280 e. The van der Waals surface area contributed by atoms with E-state index in [1.54, 1.807) is 19.1 Å². The third kappa shape index (κ3) is 4.83. The van der Waals surface area contributed by atoms with Gasteiger partial charge in [-0.1, -0.05) is 42.5 Å². The molecule has 0 aliphatic carbocycles. The summed E-state index contributed by atoms with van der Waals surface area (Å²) in [6, 6.07) is 21.1. The van der Waals surface area contributed by atoms with Crippen molar-refractivity contribution < 1.29 is 13.9 Å². The van der Waals surface area contributed by atoms with Gasteiger partial charge >= 0.3 is 0 Å². The van der Waals surface area contributed by atoms with Crippen LogP contribution >= 0.6 is 15.9 Å². The van der Waals surface area contributed by atoms with Gasteiger partial charge in [0.25, 0.3) is 5.91 Å². The molecule has 6 heteroatoms. The minimum atomic E-state index is -0.682. The third-order valence-corrected chi connectivity index (χ3v) is 4.03. The molecule has 0 aliphatic rings. The lowest BCUT2D eigenvalue weighted by Gasteiger charge is -2.13. The SMILES string of the molecule is C[C@H](Oc1ccc(-c2ccccc2)cc1)C(=O)NN=Cc1ccc(Br)o1. The lowest BCUT2D eigenvalue weighted by atomic mass is 10.1. The van der Waals surface area contributed by atoms with Gasteiger partial charge < -0.3 is 9.15 Å². The number of ether oxygens (including phenoxy) is 1. The number of hydrazone groups is 1. The Balaban J connectivity index is 1.54. The van der Waals surface area contributed by atoms with Crippen molar-refractivity contribution in [3.63, 3.8) is 0 Å². The Morgan fingerprint density at radius 2 is 1.77 bits per heavy atom. The van der Waals surface area contributed by atoms with E-state index in [-0.39, 0.29) is 5.91 Å². The van der Waals surface area contributed by atoms with Gasteiger partial charge in [-0.15, -0.1) is 0 Å². The molecule has 1 N–H and O–H groups in total. The summed E-state index contributed by atoms with van der Waals surface area (Å²) in [6.07, 6.45) is 0.738. The first-order valence-electron chi connectivity index (χ1n) is 8.02. The number of benzene rings is 2. The Morgan fingerprint density at radius 3 is 2.42 bits per heavy atom. The molecule has 1 heterocycles. The lowest BCUT2D eigenvalue weighted by Crippen LogP contribution is -2.33. The number of halogens is 1. The molecule has 0 saturated heterocycles. The van der Waals surface area contributed by atoms with Crippen LogP contribution in [0.15, 0.2) is 80.9 Å². The molecular weight excluding hydrogens is 396 g/mol. The largest absolute Gasteiger partial charge is 0.481 e. The van der Waals surface area contributed by atoms with Crippen molar-refractivity contribution in [2.75, 3.05) is 0 Å². The second-order valence-corrected chi connectivity index (χ2v) is 6.31. The highest BCUT2D eigenvalue weighted by atomic mass is 79.9. The van der Waals surface area contributed by atoms with Gasteiger partial charge in [-0.2, -0.15) is 5.10 Å². The fraction of sp³-hybridized carbons (Fsp3) is 0.100. The number of hydrogen-bond acceptors (Lipinski definition) is 4. The molecule has 0 bridgehead atoms. The number of carbonyl (C=O) groups is 1. The summed E-state index contributed by atoms with van der Waals surface area (Å²) < 4.78 is 11.5. The molecule has 0 unspecified atom stereocenters. The Kier molecular flexibility index (Phi) is 5.86. The van der Waals surface area contributed by atoms with Crippen LogP contribution in [0.4, 0.5) is 0 Å². The van der Waals surface area contributed by atoms with E-state index < -0.39 is 6.10 Å². The summed E-state index contributed by atoms with van der Waals surface area (Å²) in [6.45, 7) is 1.67. The van der Waals surface area contributed by atoms with Crippen LogP contribution in [-0.2, 0) is 4.79 Å². The van der Waals surface area contributed by atoms with Crippen LogP contribution in [0.3, 0.4) is 0 Å². The van der Waals surface area contributed by atoms with Crippen molar-refractivity contribution in [3.05, 3.63) is 77.2 Å². The fourth-order valence-electron chi connectivity index (χ4n) is 2.26. The average molecular weight is 413 g/mol. The van der Waals surface area contributed by atoms with Gasteiger partial charge in [-0.3, -0.25) is 4.79 Å². The van der Waals surface area contributed by atoms with E-state index in [4.69, 9.17) is 9.15 Å². The van der Waals surface area contributed by atoms with Crippen LogP contribution in [-0.4, -0.2) is 18.2 Å². The van der Waals surface area contributed by atoms with E-state index in [9.17, 15) is 4.79 Å². The summed E-state index contributed by atoms with van der Waals surface area (Å²) in [5, 5.41) is 3.85. The summed E-state index contributed by atoms with van der Waals surface area (Å²) in [4.78, 5) is 12.0. The van der Waals surface area contributed by atoms with Gasteiger partial charge in [0.15, 0.2) is 10.8 Å². The molecule has 0 aliphatic heterocycles. The zero-order valence-electron chi connectivity index (χ0n) is 14.1. The van der Waals surface area contributed by atoms with E-state index in [0.717, 1.165) is 11.1 Å². The first-order valence-corrected chi connectivity index (χ1v) is 8.81. The Morgan fingerprint density at radius 1 is 1.08 bits per heavy atom. The number of nitrogens with one attached hydrogen (secondary N) is 1. The number of rotatable bonds is 6. The Labute approximate surface area is 159 Å². The highest BCUT2D eigenvalue weighted by Gasteiger charge is 2.14. The van der Waals surface area contributed by atoms with Crippen molar-refractivity contribution in [2.45, 2.75) is 13.0 Å². The zero-order valence-corrected chi connectivity index (χ0v) is 15.6. The van der Waals surface area contributed by atoms with Crippen LogP contribution < -0.4 is 10.2 Å².